The van der Waals surface area contributed by atoms with Gasteiger partial charge in [-0.15, -0.1) is 0 Å². The Balaban J connectivity index is 3.15. The van der Waals surface area contributed by atoms with Crippen LogP contribution in [0.2, 0.25) is 0 Å². The van der Waals surface area contributed by atoms with Crippen LogP contribution >= 0.6 is 0 Å². The molecule has 66 valence electrons. The van der Waals surface area contributed by atoms with E-state index in [1.807, 2.05) is 0 Å². The Morgan fingerprint density at radius 2 is 2.31 bits per heavy atom. The number of aliphatic hydroxyl groups excluding tert-OH is 1. The largest absolute Gasteiger partial charge is 0.384 e. The van der Waals surface area contributed by atoms with Gasteiger partial charge in [-0.1, -0.05) is 17.9 Å². The van der Waals surface area contributed by atoms with Crippen molar-refractivity contribution in [2.75, 3.05) is 6.61 Å². The summed E-state index contributed by atoms with van der Waals surface area (Å²) in [6, 6.07) is 4.35. The third kappa shape index (κ3) is 2.14. The van der Waals surface area contributed by atoms with Crippen LogP contribution in [0.3, 0.4) is 0 Å². The summed E-state index contributed by atoms with van der Waals surface area (Å²) in [5.74, 6) is 4.07. The lowest BCUT2D eigenvalue weighted by atomic mass is 10.1. The quantitative estimate of drug-likeness (QED) is 0.514. The summed E-state index contributed by atoms with van der Waals surface area (Å²) in [6.45, 7) is -0.329. The van der Waals surface area contributed by atoms with Crippen molar-refractivity contribution in [3.8, 4) is 11.8 Å². The molecule has 0 aliphatic rings. The highest BCUT2D eigenvalue weighted by Crippen LogP contribution is 2.09. The van der Waals surface area contributed by atoms with Crippen molar-refractivity contribution in [1.82, 2.24) is 0 Å². The molecule has 0 bridgehead atoms. The predicted octanol–water partition coefficient (Wildman–Crippen LogP) is 0.982. The van der Waals surface area contributed by atoms with E-state index in [0.29, 0.717) is 6.29 Å². The molecule has 0 saturated heterocycles. The van der Waals surface area contributed by atoms with E-state index in [-0.39, 0.29) is 17.7 Å². The number of aliphatic hydroxyl groups is 1. The summed E-state index contributed by atoms with van der Waals surface area (Å²) >= 11 is 0. The highest BCUT2D eigenvalue weighted by molar-refractivity contribution is 5.76. The van der Waals surface area contributed by atoms with Gasteiger partial charge in [0.2, 0.25) is 0 Å². The molecular formula is C10H7FO2. The first-order valence-electron chi connectivity index (χ1n) is 3.63. The fourth-order valence-electron chi connectivity index (χ4n) is 0.872. The third-order valence-corrected chi connectivity index (χ3v) is 1.46. The number of rotatable bonds is 1. The molecule has 0 radical (unpaired) electrons. The summed E-state index contributed by atoms with van der Waals surface area (Å²) in [5.41, 5.74) is 0.100. The van der Waals surface area contributed by atoms with Crippen molar-refractivity contribution in [3.63, 3.8) is 0 Å². The molecule has 3 heteroatoms. The van der Waals surface area contributed by atoms with Crippen molar-refractivity contribution in [3.05, 3.63) is 35.1 Å². The zero-order chi connectivity index (χ0) is 9.68. The van der Waals surface area contributed by atoms with Crippen molar-refractivity contribution in [2.24, 2.45) is 0 Å². The van der Waals surface area contributed by atoms with Crippen LogP contribution in [0.25, 0.3) is 0 Å². The molecular weight excluding hydrogens is 171 g/mol. The van der Waals surface area contributed by atoms with Crippen LogP contribution in [-0.2, 0) is 0 Å². The van der Waals surface area contributed by atoms with E-state index in [2.05, 4.69) is 11.8 Å². The molecule has 0 unspecified atom stereocenters. The van der Waals surface area contributed by atoms with Crippen molar-refractivity contribution < 1.29 is 14.3 Å². The number of carbonyl (C=O) groups is 1. The lowest BCUT2D eigenvalue weighted by Gasteiger charge is -1.95. The molecule has 0 aliphatic heterocycles. The normalized spacial score (nSPS) is 8.77. The monoisotopic (exact) mass is 178 g/mol. The lowest BCUT2D eigenvalue weighted by Crippen LogP contribution is -1.91. The fourth-order valence-corrected chi connectivity index (χ4v) is 0.872. The molecule has 1 aromatic carbocycles. The Hall–Kier alpha value is -1.66. The van der Waals surface area contributed by atoms with Crippen molar-refractivity contribution >= 4 is 6.29 Å². The van der Waals surface area contributed by atoms with Gasteiger partial charge in [0.05, 0.1) is 11.1 Å². The first-order chi connectivity index (χ1) is 6.29. The van der Waals surface area contributed by atoms with Crippen LogP contribution in [0.15, 0.2) is 18.2 Å². The highest BCUT2D eigenvalue weighted by atomic mass is 19.1. The van der Waals surface area contributed by atoms with Gasteiger partial charge < -0.3 is 5.11 Å². The molecule has 0 amide bonds. The second-order valence-electron chi connectivity index (χ2n) is 2.29. The van der Waals surface area contributed by atoms with E-state index in [1.54, 1.807) is 0 Å². The highest BCUT2D eigenvalue weighted by Gasteiger charge is 2.03. The molecule has 0 aliphatic carbocycles. The second kappa shape index (κ2) is 4.39. The van der Waals surface area contributed by atoms with E-state index >= 15 is 0 Å². The Morgan fingerprint density at radius 3 is 2.92 bits per heavy atom. The lowest BCUT2D eigenvalue weighted by molar-refractivity contribution is 0.111. The first-order valence-corrected chi connectivity index (χ1v) is 3.63. The third-order valence-electron chi connectivity index (χ3n) is 1.46. The minimum atomic E-state index is -0.640. The zero-order valence-corrected chi connectivity index (χ0v) is 6.75. The molecule has 1 aromatic rings. The molecule has 0 fully saturated rings. The van der Waals surface area contributed by atoms with Crippen LogP contribution in [-0.4, -0.2) is 18.0 Å². The fraction of sp³-hybridized carbons (Fsp3) is 0.100. The summed E-state index contributed by atoms with van der Waals surface area (Å²) in [6.07, 6.45) is 0.430. The van der Waals surface area contributed by atoms with Crippen LogP contribution < -0.4 is 0 Å². The molecule has 0 atom stereocenters. The van der Waals surface area contributed by atoms with Gasteiger partial charge in [-0.3, -0.25) is 4.79 Å². The average molecular weight is 178 g/mol. The topological polar surface area (TPSA) is 37.3 Å². The van der Waals surface area contributed by atoms with Gasteiger partial charge in [-0.2, -0.15) is 0 Å². The van der Waals surface area contributed by atoms with Crippen LogP contribution in [0.1, 0.15) is 15.9 Å². The first kappa shape index (κ1) is 9.43. The average Bonchev–Trinajstić information content (AvgIpc) is 2.16. The second-order valence-corrected chi connectivity index (χ2v) is 2.29. The van der Waals surface area contributed by atoms with E-state index in [1.165, 1.54) is 18.2 Å². The van der Waals surface area contributed by atoms with Gasteiger partial charge >= 0.3 is 0 Å². The molecule has 0 heterocycles. The summed E-state index contributed by atoms with van der Waals surface area (Å²) in [4.78, 5) is 10.3. The van der Waals surface area contributed by atoms with Gasteiger partial charge in [0.15, 0.2) is 6.29 Å². The van der Waals surface area contributed by atoms with Crippen molar-refractivity contribution in [2.45, 2.75) is 0 Å². The molecule has 0 aromatic heterocycles. The number of aldehydes is 1. The summed E-state index contributed by atoms with van der Waals surface area (Å²) in [7, 11) is 0. The molecule has 13 heavy (non-hydrogen) atoms. The Labute approximate surface area is 75.0 Å². The van der Waals surface area contributed by atoms with E-state index in [9.17, 15) is 9.18 Å². The maximum atomic E-state index is 13.2. The van der Waals surface area contributed by atoms with Gasteiger partial charge in [0, 0.05) is 0 Å². The number of halogens is 1. The SMILES string of the molecule is O=Cc1cccc(C#CCO)c1F. The molecule has 1 N–H and O–H groups in total. The minimum absolute atomic E-state index is 0.0234. The van der Waals surface area contributed by atoms with Gasteiger partial charge in [0.1, 0.15) is 12.4 Å². The smallest absolute Gasteiger partial charge is 0.153 e. The molecule has 2 nitrogen and oxygen atoms in total. The number of hydrogen-bond acceptors (Lipinski definition) is 2. The van der Waals surface area contributed by atoms with E-state index < -0.39 is 5.82 Å². The van der Waals surface area contributed by atoms with Gasteiger partial charge in [-0.05, 0) is 12.1 Å². The van der Waals surface area contributed by atoms with Crippen molar-refractivity contribution in [1.29, 1.82) is 0 Å². The zero-order valence-electron chi connectivity index (χ0n) is 6.75. The standard InChI is InChI=1S/C10H7FO2/c11-10-8(5-2-6-12)3-1-4-9(10)7-13/h1,3-4,7,12H,6H2. The molecule has 0 saturated carbocycles. The Morgan fingerprint density at radius 1 is 1.54 bits per heavy atom. The van der Waals surface area contributed by atoms with E-state index in [0.717, 1.165) is 0 Å². The Bertz CT molecular complexity index is 374. The van der Waals surface area contributed by atoms with Crippen LogP contribution in [0, 0.1) is 17.7 Å². The van der Waals surface area contributed by atoms with Gasteiger partial charge in [0.25, 0.3) is 0 Å². The molecule has 0 spiro atoms. The minimum Gasteiger partial charge on any atom is -0.384 e. The van der Waals surface area contributed by atoms with E-state index in [4.69, 9.17) is 5.11 Å². The summed E-state index contributed by atoms with van der Waals surface area (Å²) in [5, 5.41) is 8.38. The summed E-state index contributed by atoms with van der Waals surface area (Å²) < 4.78 is 13.2. The van der Waals surface area contributed by atoms with Gasteiger partial charge in [-0.25, -0.2) is 4.39 Å². The molecule has 1 rings (SSSR count). The Kier molecular flexibility index (Phi) is 3.18. The van der Waals surface area contributed by atoms with Crippen LogP contribution in [0.4, 0.5) is 4.39 Å². The number of carbonyl (C=O) groups excluding carboxylic acids is 1. The number of hydrogen-bond donors (Lipinski definition) is 1. The predicted molar refractivity (Wildman–Crippen MR) is 45.8 cm³/mol. The maximum Gasteiger partial charge on any atom is 0.153 e. The maximum absolute atomic E-state index is 13.2. The van der Waals surface area contributed by atoms with Crippen LogP contribution in [0.5, 0.6) is 0 Å². The number of benzene rings is 1.